The normalized spacial score (nSPS) is 19.7. The summed E-state index contributed by atoms with van der Waals surface area (Å²) in [4.78, 5) is 2.25. The van der Waals surface area contributed by atoms with E-state index < -0.39 is 10.0 Å². The third-order valence-corrected chi connectivity index (χ3v) is 5.61. The first-order chi connectivity index (χ1) is 9.19. The predicted octanol–water partition coefficient (Wildman–Crippen LogP) is 0.0961. The van der Waals surface area contributed by atoms with Crippen LogP contribution in [0.2, 0.25) is 0 Å². The molecule has 1 aliphatic rings. The van der Waals surface area contributed by atoms with Gasteiger partial charge in [-0.2, -0.15) is 4.31 Å². The molecule has 1 saturated heterocycles. The van der Waals surface area contributed by atoms with Crippen LogP contribution in [-0.4, -0.2) is 74.3 Å². The summed E-state index contributed by atoms with van der Waals surface area (Å²) in [6.45, 7) is 11.3. The summed E-state index contributed by atoms with van der Waals surface area (Å²) in [6.07, 6.45) is 0.0624. The SMILES string of the molecule is CC(C)OCCS(=O)(=O)N1CCN(C(C)(C)CN)CC1. The van der Waals surface area contributed by atoms with E-state index in [0.717, 1.165) is 13.1 Å². The fraction of sp³-hybridized carbons (Fsp3) is 1.00. The molecule has 1 aliphatic heterocycles. The molecule has 0 amide bonds. The number of nitrogens with two attached hydrogens (primary N) is 1. The monoisotopic (exact) mass is 307 g/mol. The average Bonchev–Trinajstić information content (AvgIpc) is 2.38. The van der Waals surface area contributed by atoms with Gasteiger partial charge in [0.05, 0.1) is 18.5 Å². The Kier molecular flexibility index (Phi) is 6.40. The van der Waals surface area contributed by atoms with Crippen LogP contribution in [0.5, 0.6) is 0 Å². The highest BCUT2D eigenvalue weighted by Crippen LogP contribution is 2.17. The van der Waals surface area contributed by atoms with Gasteiger partial charge in [-0.25, -0.2) is 8.42 Å². The average molecular weight is 307 g/mol. The Balaban J connectivity index is 2.48. The Morgan fingerprint density at radius 1 is 1.20 bits per heavy atom. The Labute approximate surface area is 123 Å². The highest BCUT2D eigenvalue weighted by Gasteiger charge is 2.32. The quantitative estimate of drug-likeness (QED) is 0.722. The van der Waals surface area contributed by atoms with Crippen molar-refractivity contribution in [1.29, 1.82) is 0 Å². The fourth-order valence-electron chi connectivity index (χ4n) is 2.22. The lowest BCUT2D eigenvalue weighted by molar-refractivity contribution is 0.0809. The minimum atomic E-state index is -3.20. The van der Waals surface area contributed by atoms with Gasteiger partial charge < -0.3 is 10.5 Å². The van der Waals surface area contributed by atoms with Gasteiger partial charge in [-0.3, -0.25) is 4.90 Å². The van der Waals surface area contributed by atoms with Gasteiger partial charge in [0.2, 0.25) is 10.0 Å². The molecule has 0 aromatic carbocycles. The lowest BCUT2D eigenvalue weighted by atomic mass is 10.0. The van der Waals surface area contributed by atoms with Crippen molar-refractivity contribution in [2.75, 3.05) is 45.1 Å². The van der Waals surface area contributed by atoms with Crippen LogP contribution in [0.1, 0.15) is 27.7 Å². The van der Waals surface area contributed by atoms with E-state index in [2.05, 4.69) is 18.7 Å². The molecule has 6 nitrogen and oxygen atoms in total. The van der Waals surface area contributed by atoms with E-state index in [9.17, 15) is 8.42 Å². The Bertz CT molecular complexity index is 388. The maximum Gasteiger partial charge on any atom is 0.216 e. The summed E-state index contributed by atoms with van der Waals surface area (Å²) in [5.74, 6) is 0.0610. The van der Waals surface area contributed by atoms with Gasteiger partial charge in [-0.1, -0.05) is 0 Å². The highest BCUT2D eigenvalue weighted by molar-refractivity contribution is 7.89. The molecule has 0 unspecified atom stereocenters. The summed E-state index contributed by atoms with van der Waals surface area (Å²) in [7, 11) is -3.20. The Morgan fingerprint density at radius 2 is 1.75 bits per heavy atom. The lowest BCUT2D eigenvalue weighted by Gasteiger charge is -2.43. The minimum absolute atomic E-state index is 0.0610. The molecule has 1 heterocycles. The summed E-state index contributed by atoms with van der Waals surface area (Å²) in [6, 6.07) is 0. The van der Waals surface area contributed by atoms with E-state index in [0.29, 0.717) is 19.6 Å². The van der Waals surface area contributed by atoms with Gasteiger partial charge in [0.1, 0.15) is 0 Å². The molecule has 120 valence electrons. The topological polar surface area (TPSA) is 75.9 Å². The van der Waals surface area contributed by atoms with Gasteiger partial charge in [-0.15, -0.1) is 0 Å². The van der Waals surface area contributed by atoms with E-state index in [4.69, 9.17) is 10.5 Å². The van der Waals surface area contributed by atoms with Crippen LogP contribution >= 0.6 is 0 Å². The number of sulfonamides is 1. The van der Waals surface area contributed by atoms with Crippen molar-refractivity contribution in [3.63, 3.8) is 0 Å². The molecular weight excluding hydrogens is 278 g/mol. The Hall–Kier alpha value is -0.210. The summed E-state index contributed by atoms with van der Waals surface area (Å²) >= 11 is 0. The second-order valence-corrected chi connectivity index (χ2v) is 8.23. The second-order valence-electron chi connectivity index (χ2n) is 6.14. The first-order valence-electron chi connectivity index (χ1n) is 7.23. The maximum atomic E-state index is 12.2. The second kappa shape index (κ2) is 7.17. The summed E-state index contributed by atoms with van der Waals surface area (Å²) in [5, 5.41) is 0. The third-order valence-electron chi connectivity index (χ3n) is 3.78. The van der Waals surface area contributed by atoms with Crippen molar-refractivity contribution in [2.24, 2.45) is 5.73 Å². The van der Waals surface area contributed by atoms with E-state index in [1.807, 2.05) is 13.8 Å². The lowest BCUT2D eigenvalue weighted by Crippen LogP contribution is -2.58. The van der Waals surface area contributed by atoms with Crippen molar-refractivity contribution >= 4 is 10.0 Å². The van der Waals surface area contributed by atoms with Crippen molar-refractivity contribution in [3.05, 3.63) is 0 Å². The van der Waals surface area contributed by atoms with Gasteiger partial charge in [0.15, 0.2) is 0 Å². The molecule has 0 aliphatic carbocycles. The predicted molar refractivity (Wildman–Crippen MR) is 81.2 cm³/mol. The van der Waals surface area contributed by atoms with Crippen LogP contribution in [0.25, 0.3) is 0 Å². The van der Waals surface area contributed by atoms with Crippen molar-refractivity contribution in [3.8, 4) is 0 Å². The van der Waals surface area contributed by atoms with Crippen LogP contribution in [0, 0.1) is 0 Å². The molecular formula is C13H29N3O3S. The molecule has 2 N–H and O–H groups in total. The van der Waals surface area contributed by atoms with E-state index in [1.165, 1.54) is 0 Å². The van der Waals surface area contributed by atoms with Gasteiger partial charge in [0.25, 0.3) is 0 Å². The zero-order valence-corrected chi connectivity index (χ0v) is 13.9. The number of piperazine rings is 1. The minimum Gasteiger partial charge on any atom is -0.378 e. The van der Waals surface area contributed by atoms with Crippen molar-refractivity contribution in [2.45, 2.75) is 39.3 Å². The molecule has 0 aromatic rings. The summed E-state index contributed by atoms with van der Waals surface area (Å²) in [5.41, 5.74) is 5.69. The smallest absolute Gasteiger partial charge is 0.216 e. The standard InChI is InChI=1S/C13H29N3O3S/c1-12(2)19-9-10-20(17,18)16-7-5-15(6-8-16)13(3,4)11-14/h12H,5-11,14H2,1-4H3. The molecule has 1 rings (SSSR count). The van der Waals surface area contributed by atoms with Crippen LogP contribution < -0.4 is 5.73 Å². The number of rotatable bonds is 7. The Morgan fingerprint density at radius 3 is 2.20 bits per heavy atom. The van der Waals surface area contributed by atoms with Gasteiger partial charge in [0, 0.05) is 38.3 Å². The fourth-order valence-corrected chi connectivity index (χ4v) is 3.50. The van der Waals surface area contributed by atoms with Gasteiger partial charge >= 0.3 is 0 Å². The van der Waals surface area contributed by atoms with Crippen LogP contribution in [0.15, 0.2) is 0 Å². The van der Waals surface area contributed by atoms with Crippen molar-refractivity contribution in [1.82, 2.24) is 9.21 Å². The van der Waals surface area contributed by atoms with Crippen molar-refractivity contribution < 1.29 is 13.2 Å². The first-order valence-corrected chi connectivity index (χ1v) is 8.84. The molecule has 7 heteroatoms. The molecule has 0 radical (unpaired) electrons. The van der Waals surface area contributed by atoms with E-state index in [-0.39, 0.29) is 24.0 Å². The number of hydrogen-bond acceptors (Lipinski definition) is 5. The van der Waals surface area contributed by atoms with Crippen LogP contribution in [0.4, 0.5) is 0 Å². The van der Waals surface area contributed by atoms with E-state index in [1.54, 1.807) is 4.31 Å². The van der Waals surface area contributed by atoms with E-state index >= 15 is 0 Å². The zero-order valence-electron chi connectivity index (χ0n) is 13.1. The molecule has 0 aromatic heterocycles. The third kappa shape index (κ3) is 4.96. The number of nitrogens with zero attached hydrogens (tertiary/aromatic N) is 2. The first kappa shape index (κ1) is 17.8. The molecule has 0 spiro atoms. The van der Waals surface area contributed by atoms with Gasteiger partial charge in [-0.05, 0) is 27.7 Å². The number of ether oxygens (including phenoxy) is 1. The summed E-state index contributed by atoms with van der Waals surface area (Å²) < 4.78 is 31.3. The zero-order chi connectivity index (χ0) is 15.4. The number of hydrogen-bond donors (Lipinski definition) is 1. The van der Waals surface area contributed by atoms with Crippen LogP contribution in [0.3, 0.4) is 0 Å². The van der Waals surface area contributed by atoms with Crippen LogP contribution in [-0.2, 0) is 14.8 Å². The maximum absolute atomic E-state index is 12.2. The molecule has 0 saturated carbocycles. The molecule has 0 bridgehead atoms. The largest absolute Gasteiger partial charge is 0.378 e. The molecule has 20 heavy (non-hydrogen) atoms. The highest BCUT2D eigenvalue weighted by atomic mass is 32.2. The molecule has 1 fully saturated rings. The molecule has 0 atom stereocenters.